The van der Waals surface area contributed by atoms with Crippen LogP contribution >= 0.6 is 0 Å². The third-order valence-corrected chi connectivity index (χ3v) is 5.62. The van der Waals surface area contributed by atoms with Gasteiger partial charge in [0.15, 0.2) is 5.75 Å². The van der Waals surface area contributed by atoms with Gasteiger partial charge in [-0.3, -0.25) is 0 Å². The number of nitrogens with zero attached hydrogens (tertiary/aromatic N) is 3. The Labute approximate surface area is 158 Å². The zero-order valence-corrected chi connectivity index (χ0v) is 16.9. The van der Waals surface area contributed by atoms with Crippen molar-refractivity contribution >= 4 is 5.95 Å². The predicted molar refractivity (Wildman–Crippen MR) is 107 cm³/mol. The van der Waals surface area contributed by atoms with Gasteiger partial charge in [-0.25, -0.2) is 9.97 Å². The van der Waals surface area contributed by atoms with Gasteiger partial charge in [-0.2, -0.15) is 0 Å². The molecule has 0 amide bonds. The van der Waals surface area contributed by atoms with Crippen LogP contribution in [0.1, 0.15) is 89.4 Å². The van der Waals surface area contributed by atoms with E-state index in [1.165, 1.54) is 44.9 Å². The molecule has 0 saturated carbocycles. The van der Waals surface area contributed by atoms with Crippen LogP contribution in [0.2, 0.25) is 0 Å². The molecule has 1 aromatic rings. The monoisotopic (exact) mass is 363 g/mol. The number of hydrogen-bond donors (Lipinski definition) is 2. The first-order valence-electron chi connectivity index (χ1n) is 10.5. The highest BCUT2D eigenvalue weighted by Crippen LogP contribution is 2.31. The number of rotatable bonds is 11. The normalized spacial score (nSPS) is 20.1. The summed E-state index contributed by atoms with van der Waals surface area (Å²) in [4.78, 5) is 11.6. The molecule has 1 aliphatic heterocycles. The van der Waals surface area contributed by atoms with Gasteiger partial charge in [0.1, 0.15) is 0 Å². The second kappa shape index (κ2) is 10.7. The van der Waals surface area contributed by atoms with E-state index in [2.05, 4.69) is 23.7 Å². The van der Waals surface area contributed by atoms with Gasteiger partial charge in [0.25, 0.3) is 0 Å². The van der Waals surface area contributed by atoms with E-state index in [4.69, 9.17) is 10.1 Å². The number of hydrogen-bond acceptors (Lipinski definition) is 5. The molecule has 2 atom stereocenters. The summed E-state index contributed by atoms with van der Waals surface area (Å²) in [6.07, 6.45) is 12.5. The standard InChI is InChI=1S/C21H37N3O2/c1-16-13-14-17(2)24(16)21-22-18(3)20(26)19(23-21)12-10-8-6-4-5-7-9-11-15-25/h16-17,25-26H,4-15H2,1-3H3. The molecular weight excluding hydrogens is 326 g/mol. The number of anilines is 1. The topological polar surface area (TPSA) is 69.5 Å². The lowest BCUT2D eigenvalue weighted by atomic mass is 10.1. The predicted octanol–water partition coefficient (Wildman–Crippen LogP) is 4.52. The fraction of sp³-hybridized carbons (Fsp3) is 0.810. The average molecular weight is 364 g/mol. The molecule has 0 bridgehead atoms. The maximum absolute atomic E-state index is 10.4. The van der Waals surface area contributed by atoms with Gasteiger partial charge in [0, 0.05) is 18.7 Å². The Morgan fingerprint density at radius 1 is 0.885 bits per heavy atom. The summed E-state index contributed by atoms with van der Waals surface area (Å²) in [5.74, 6) is 1.06. The Morgan fingerprint density at radius 2 is 1.42 bits per heavy atom. The first-order valence-corrected chi connectivity index (χ1v) is 10.5. The zero-order valence-electron chi connectivity index (χ0n) is 16.9. The molecule has 2 unspecified atom stereocenters. The van der Waals surface area contributed by atoms with Crippen molar-refractivity contribution in [3.05, 3.63) is 11.4 Å². The van der Waals surface area contributed by atoms with Gasteiger partial charge < -0.3 is 15.1 Å². The molecule has 0 aromatic carbocycles. The van der Waals surface area contributed by atoms with Gasteiger partial charge >= 0.3 is 0 Å². The molecule has 0 spiro atoms. The molecule has 0 radical (unpaired) electrons. The minimum Gasteiger partial charge on any atom is -0.504 e. The number of aromatic nitrogens is 2. The van der Waals surface area contributed by atoms with E-state index >= 15 is 0 Å². The molecule has 1 fully saturated rings. The van der Waals surface area contributed by atoms with Crippen LogP contribution in [0, 0.1) is 6.92 Å². The smallest absolute Gasteiger partial charge is 0.226 e. The van der Waals surface area contributed by atoms with Crippen LogP contribution in [0.3, 0.4) is 0 Å². The Kier molecular flexibility index (Phi) is 8.63. The molecule has 26 heavy (non-hydrogen) atoms. The van der Waals surface area contributed by atoms with Crippen LogP contribution < -0.4 is 4.90 Å². The van der Waals surface area contributed by atoms with E-state index in [9.17, 15) is 5.11 Å². The molecule has 2 heterocycles. The number of aryl methyl sites for hydroxylation is 2. The van der Waals surface area contributed by atoms with E-state index in [-0.39, 0.29) is 5.75 Å². The average Bonchev–Trinajstić information content (AvgIpc) is 2.95. The quantitative estimate of drug-likeness (QED) is 0.566. The van der Waals surface area contributed by atoms with Crippen molar-refractivity contribution in [1.29, 1.82) is 0 Å². The first kappa shape index (κ1) is 20.9. The Bertz CT molecular complexity index is 540. The summed E-state index contributed by atoms with van der Waals surface area (Å²) >= 11 is 0. The summed E-state index contributed by atoms with van der Waals surface area (Å²) in [7, 11) is 0. The lowest BCUT2D eigenvalue weighted by molar-refractivity contribution is 0.282. The molecule has 1 aromatic heterocycles. The third kappa shape index (κ3) is 5.83. The second-order valence-corrected chi connectivity index (χ2v) is 7.89. The van der Waals surface area contributed by atoms with Crippen molar-refractivity contribution in [1.82, 2.24) is 9.97 Å². The fourth-order valence-corrected chi connectivity index (χ4v) is 3.95. The summed E-state index contributed by atoms with van der Waals surface area (Å²) in [5, 5.41) is 19.1. The van der Waals surface area contributed by atoms with Crippen molar-refractivity contribution < 1.29 is 10.2 Å². The number of aromatic hydroxyl groups is 1. The minimum atomic E-state index is 0.275. The van der Waals surface area contributed by atoms with Crippen LogP contribution in [-0.2, 0) is 6.42 Å². The lowest BCUT2D eigenvalue weighted by Gasteiger charge is -2.27. The molecular formula is C21H37N3O2. The lowest BCUT2D eigenvalue weighted by Crippen LogP contribution is -2.34. The Hall–Kier alpha value is -1.36. The summed E-state index contributed by atoms with van der Waals surface area (Å²) in [5.41, 5.74) is 1.50. The second-order valence-electron chi connectivity index (χ2n) is 7.89. The van der Waals surface area contributed by atoms with E-state index < -0.39 is 0 Å². The fourth-order valence-electron chi connectivity index (χ4n) is 3.95. The summed E-state index contributed by atoms with van der Waals surface area (Å²) < 4.78 is 0. The highest BCUT2D eigenvalue weighted by atomic mass is 16.3. The Balaban J connectivity index is 1.81. The largest absolute Gasteiger partial charge is 0.504 e. The summed E-state index contributed by atoms with van der Waals surface area (Å²) in [6, 6.07) is 0.931. The van der Waals surface area contributed by atoms with Crippen molar-refractivity contribution in [2.75, 3.05) is 11.5 Å². The van der Waals surface area contributed by atoms with Gasteiger partial charge in [-0.15, -0.1) is 0 Å². The highest BCUT2D eigenvalue weighted by molar-refractivity contribution is 5.42. The number of unbranched alkanes of at least 4 members (excludes halogenated alkanes) is 7. The van der Waals surface area contributed by atoms with Crippen molar-refractivity contribution in [2.24, 2.45) is 0 Å². The van der Waals surface area contributed by atoms with E-state index in [0.717, 1.165) is 37.3 Å². The van der Waals surface area contributed by atoms with Crippen molar-refractivity contribution in [3.8, 4) is 5.75 Å². The molecule has 148 valence electrons. The van der Waals surface area contributed by atoms with Crippen LogP contribution in [-0.4, -0.2) is 38.9 Å². The van der Waals surface area contributed by atoms with E-state index in [1.807, 2.05) is 6.92 Å². The molecule has 5 heteroatoms. The van der Waals surface area contributed by atoms with E-state index in [1.54, 1.807) is 0 Å². The van der Waals surface area contributed by atoms with Crippen LogP contribution in [0.25, 0.3) is 0 Å². The van der Waals surface area contributed by atoms with Crippen LogP contribution in [0.5, 0.6) is 5.75 Å². The van der Waals surface area contributed by atoms with Crippen LogP contribution in [0.4, 0.5) is 5.95 Å². The number of aliphatic hydroxyl groups excluding tert-OH is 1. The molecule has 5 nitrogen and oxygen atoms in total. The third-order valence-electron chi connectivity index (χ3n) is 5.62. The molecule has 1 saturated heterocycles. The Morgan fingerprint density at radius 3 is 2.00 bits per heavy atom. The molecule has 0 aliphatic carbocycles. The van der Waals surface area contributed by atoms with Gasteiger partial charge in [0.05, 0.1) is 11.4 Å². The molecule has 2 N–H and O–H groups in total. The van der Waals surface area contributed by atoms with Crippen LogP contribution in [0.15, 0.2) is 0 Å². The maximum atomic E-state index is 10.4. The van der Waals surface area contributed by atoms with Crippen molar-refractivity contribution in [2.45, 2.75) is 103 Å². The van der Waals surface area contributed by atoms with Gasteiger partial charge in [-0.05, 0) is 52.9 Å². The van der Waals surface area contributed by atoms with E-state index in [0.29, 0.717) is 24.4 Å². The van der Waals surface area contributed by atoms with Crippen molar-refractivity contribution in [3.63, 3.8) is 0 Å². The number of aliphatic hydroxyl groups is 1. The first-order chi connectivity index (χ1) is 12.5. The van der Waals surface area contributed by atoms with Gasteiger partial charge in [0.2, 0.25) is 5.95 Å². The zero-order chi connectivity index (χ0) is 18.9. The maximum Gasteiger partial charge on any atom is 0.226 e. The molecule has 2 rings (SSSR count). The minimum absolute atomic E-state index is 0.275. The molecule has 1 aliphatic rings. The summed E-state index contributed by atoms with van der Waals surface area (Å²) in [6.45, 7) is 6.66. The van der Waals surface area contributed by atoms with Gasteiger partial charge in [-0.1, -0.05) is 38.5 Å². The SMILES string of the molecule is Cc1nc(N2C(C)CCC2C)nc(CCCCCCCCCCO)c1O. The highest BCUT2D eigenvalue weighted by Gasteiger charge is 2.30.